The minimum atomic E-state index is -0.120. The molecule has 9 heteroatoms. The van der Waals surface area contributed by atoms with E-state index in [2.05, 4.69) is 26.5 Å². The van der Waals surface area contributed by atoms with Crippen LogP contribution in [0.4, 0.5) is 5.69 Å². The number of halogens is 1. The van der Waals surface area contributed by atoms with Gasteiger partial charge in [-0.3, -0.25) is 4.79 Å². The van der Waals surface area contributed by atoms with Crippen LogP contribution < -0.4 is 5.32 Å². The first-order valence-electron chi connectivity index (χ1n) is 8.51. The molecule has 0 saturated heterocycles. The Morgan fingerprint density at radius 1 is 1.14 bits per heavy atom. The number of hydrogen-bond acceptors (Lipinski definition) is 7. The summed E-state index contributed by atoms with van der Waals surface area (Å²) in [4.78, 5) is 21.0. The van der Waals surface area contributed by atoms with E-state index in [1.807, 2.05) is 18.2 Å². The number of anilines is 1. The number of amides is 1. The van der Waals surface area contributed by atoms with Crippen molar-refractivity contribution >= 4 is 56.5 Å². The molecule has 0 fully saturated rings. The highest BCUT2D eigenvalue weighted by Gasteiger charge is 2.11. The number of aromatic nitrogens is 3. The Hall–Kier alpha value is -2.42. The molecule has 0 bridgehead atoms. The van der Waals surface area contributed by atoms with Crippen LogP contribution in [0.25, 0.3) is 10.2 Å². The molecule has 4 rings (SSSR count). The van der Waals surface area contributed by atoms with Crippen molar-refractivity contribution in [1.82, 2.24) is 15.1 Å². The molecule has 28 heavy (non-hydrogen) atoms. The lowest BCUT2D eigenvalue weighted by molar-refractivity contribution is -0.116. The van der Waals surface area contributed by atoms with Gasteiger partial charge in [-0.05, 0) is 36.4 Å². The number of thiazole rings is 1. The molecule has 2 aromatic heterocycles. The van der Waals surface area contributed by atoms with Crippen molar-refractivity contribution in [2.75, 3.05) is 5.32 Å². The van der Waals surface area contributed by atoms with Crippen LogP contribution in [0.2, 0.25) is 5.02 Å². The summed E-state index contributed by atoms with van der Waals surface area (Å²) in [6.45, 7) is 0. The molecule has 2 heterocycles. The first-order chi connectivity index (χ1) is 13.7. The van der Waals surface area contributed by atoms with Gasteiger partial charge in [0.25, 0.3) is 0 Å². The van der Waals surface area contributed by atoms with Crippen molar-refractivity contribution in [1.29, 1.82) is 0 Å². The molecule has 0 aliphatic heterocycles. The zero-order chi connectivity index (χ0) is 19.3. The van der Waals surface area contributed by atoms with Gasteiger partial charge in [0.05, 0.1) is 16.0 Å². The van der Waals surface area contributed by atoms with Crippen LogP contribution in [0.3, 0.4) is 0 Å². The number of nitrogens with one attached hydrogen (secondary N) is 1. The number of thioether (sulfide) groups is 1. The molecule has 4 aromatic rings. The summed E-state index contributed by atoms with van der Waals surface area (Å²) in [5, 5.41) is 7.41. The van der Waals surface area contributed by atoms with E-state index in [0.29, 0.717) is 34.6 Å². The fourth-order valence-electron chi connectivity index (χ4n) is 2.47. The fraction of sp³-hybridized carbons (Fsp3) is 0.158. The van der Waals surface area contributed by atoms with E-state index in [0.717, 1.165) is 14.6 Å². The first kappa shape index (κ1) is 18.9. The molecular weight excluding hydrogens is 416 g/mol. The third-order valence-corrected chi connectivity index (χ3v) is 6.23. The van der Waals surface area contributed by atoms with E-state index < -0.39 is 0 Å². The summed E-state index contributed by atoms with van der Waals surface area (Å²) >= 11 is 9.05. The molecule has 0 aliphatic carbocycles. The van der Waals surface area contributed by atoms with Gasteiger partial charge < -0.3 is 9.84 Å². The van der Waals surface area contributed by atoms with Gasteiger partial charge in [0.2, 0.25) is 11.8 Å². The molecule has 0 aliphatic rings. The normalized spacial score (nSPS) is 11.0. The Kier molecular flexibility index (Phi) is 5.90. The van der Waals surface area contributed by atoms with Crippen LogP contribution in [0.15, 0.2) is 57.4 Å². The van der Waals surface area contributed by atoms with Crippen molar-refractivity contribution in [2.24, 2.45) is 0 Å². The summed E-state index contributed by atoms with van der Waals surface area (Å²) < 4.78 is 7.36. The van der Waals surface area contributed by atoms with Crippen molar-refractivity contribution in [3.05, 3.63) is 65.3 Å². The number of rotatable bonds is 7. The molecule has 2 aromatic carbocycles. The van der Waals surface area contributed by atoms with E-state index >= 15 is 0 Å². The minimum absolute atomic E-state index is 0.120. The molecular formula is C19H15ClN4O2S2. The van der Waals surface area contributed by atoms with Gasteiger partial charge >= 0.3 is 0 Å². The number of nitrogens with zero attached hydrogens (tertiary/aromatic N) is 3. The number of aryl methyl sites for hydroxylation is 1. The van der Waals surface area contributed by atoms with Crippen LogP contribution in [0.1, 0.15) is 18.1 Å². The van der Waals surface area contributed by atoms with Crippen molar-refractivity contribution in [3.8, 4) is 0 Å². The lowest BCUT2D eigenvalue weighted by Gasteiger charge is -2.03. The summed E-state index contributed by atoms with van der Waals surface area (Å²) in [6, 6.07) is 15.0. The SMILES string of the molecule is O=C(CCc1nc(CSc2nc3ccccc3s2)no1)Nc1ccc(Cl)cc1. The molecule has 0 atom stereocenters. The van der Waals surface area contributed by atoms with Crippen LogP contribution in [0, 0.1) is 0 Å². The first-order valence-corrected chi connectivity index (χ1v) is 10.7. The van der Waals surface area contributed by atoms with Crippen molar-refractivity contribution < 1.29 is 9.32 Å². The summed E-state index contributed by atoms with van der Waals surface area (Å²) in [5.41, 5.74) is 1.70. The number of carbonyl (C=O) groups excluding carboxylic acids is 1. The highest BCUT2D eigenvalue weighted by Crippen LogP contribution is 2.30. The largest absolute Gasteiger partial charge is 0.339 e. The Morgan fingerprint density at radius 3 is 2.79 bits per heavy atom. The highest BCUT2D eigenvalue weighted by molar-refractivity contribution is 8.00. The molecule has 0 radical (unpaired) electrons. The topological polar surface area (TPSA) is 80.9 Å². The zero-order valence-corrected chi connectivity index (χ0v) is 17.0. The second-order valence-corrected chi connectivity index (χ2v) is 8.59. The molecule has 6 nitrogen and oxygen atoms in total. The van der Waals surface area contributed by atoms with Crippen LogP contribution >= 0.6 is 34.7 Å². The van der Waals surface area contributed by atoms with Gasteiger partial charge in [-0.25, -0.2) is 4.98 Å². The maximum atomic E-state index is 12.0. The third kappa shape index (κ3) is 4.89. The van der Waals surface area contributed by atoms with Crippen molar-refractivity contribution in [2.45, 2.75) is 22.9 Å². The fourth-order valence-corrected chi connectivity index (χ4v) is 4.50. The number of fused-ring (bicyclic) bond motifs is 1. The van der Waals surface area contributed by atoms with Gasteiger partial charge in [0.1, 0.15) is 0 Å². The number of carbonyl (C=O) groups is 1. The minimum Gasteiger partial charge on any atom is -0.339 e. The predicted octanol–water partition coefficient (Wildman–Crippen LogP) is 5.20. The number of hydrogen-bond donors (Lipinski definition) is 1. The maximum Gasteiger partial charge on any atom is 0.227 e. The van der Waals surface area contributed by atoms with Gasteiger partial charge in [0, 0.05) is 23.6 Å². The molecule has 1 amide bonds. The molecule has 0 saturated carbocycles. The second kappa shape index (κ2) is 8.72. The number of benzene rings is 2. The predicted molar refractivity (Wildman–Crippen MR) is 112 cm³/mol. The summed E-state index contributed by atoms with van der Waals surface area (Å²) in [5.74, 6) is 1.50. The van der Waals surface area contributed by atoms with Gasteiger partial charge in [-0.2, -0.15) is 4.98 Å². The standard InChI is InChI=1S/C19H15ClN4O2S2/c20-12-5-7-13(8-6-12)21-17(25)9-10-18-23-16(24-26-18)11-27-19-22-14-3-1-2-4-15(14)28-19/h1-8H,9-11H2,(H,21,25). The average Bonchev–Trinajstić information content (AvgIpc) is 3.33. The lowest BCUT2D eigenvalue weighted by atomic mass is 10.2. The van der Waals surface area contributed by atoms with Gasteiger partial charge in [-0.1, -0.05) is 40.7 Å². The molecule has 0 unspecified atom stereocenters. The Bertz CT molecular complexity index is 1060. The maximum absolute atomic E-state index is 12.0. The smallest absolute Gasteiger partial charge is 0.227 e. The molecule has 1 N–H and O–H groups in total. The van der Waals surface area contributed by atoms with E-state index in [9.17, 15) is 4.79 Å². The van der Waals surface area contributed by atoms with Crippen molar-refractivity contribution in [3.63, 3.8) is 0 Å². The van der Waals surface area contributed by atoms with Crippen LogP contribution in [-0.2, 0) is 17.0 Å². The van der Waals surface area contributed by atoms with Crippen LogP contribution in [-0.4, -0.2) is 21.0 Å². The quantitative estimate of drug-likeness (QED) is 0.406. The monoisotopic (exact) mass is 430 g/mol. The van der Waals surface area contributed by atoms with E-state index in [1.165, 1.54) is 0 Å². The van der Waals surface area contributed by atoms with E-state index in [1.54, 1.807) is 47.4 Å². The van der Waals surface area contributed by atoms with E-state index in [4.69, 9.17) is 16.1 Å². The van der Waals surface area contributed by atoms with Gasteiger partial charge in [0.15, 0.2) is 10.2 Å². The molecule has 142 valence electrons. The Balaban J connectivity index is 1.26. The van der Waals surface area contributed by atoms with Crippen LogP contribution in [0.5, 0.6) is 0 Å². The lowest BCUT2D eigenvalue weighted by Crippen LogP contribution is -2.12. The Morgan fingerprint density at radius 2 is 1.96 bits per heavy atom. The van der Waals surface area contributed by atoms with Gasteiger partial charge in [-0.15, -0.1) is 11.3 Å². The third-order valence-electron chi connectivity index (χ3n) is 3.80. The summed E-state index contributed by atoms with van der Waals surface area (Å²) in [6.07, 6.45) is 0.646. The Labute approximate surface area is 174 Å². The molecule has 0 spiro atoms. The average molecular weight is 431 g/mol. The van der Waals surface area contributed by atoms with E-state index in [-0.39, 0.29) is 12.3 Å². The second-order valence-electron chi connectivity index (χ2n) is 5.90. The summed E-state index contributed by atoms with van der Waals surface area (Å²) in [7, 11) is 0. The number of para-hydroxylation sites is 1. The highest BCUT2D eigenvalue weighted by atomic mass is 35.5. The zero-order valence-electron chi connectivity index (χ0n) is 14.6.